The van der Waals surface area contributed by atoms with Gasteiger partial charge in [-0.3, -0.25) is 9.36 Å². The number of carbonyl (C=O) groups excluding carboxylic acids is 1. The lowest BCUT2D eigenvalue weighted by Crippen LogP contribution is -2.25. The zero-order valence-electron chi connectivity index (χ0n) is 14.9. The molecule has 0 spiro atoms. The highest BCUT2D eigenvalue weighted by atomic mass is 32.2. The Balaban J connectivity index is 1.38. The van der Waals surface area contributed by atoms with E-state index in [9.17, 15) is 4.79 Å². The van der Waals surface area contributed by atoms with Gasteiger partial charge in [0.25, 0.3) is 0 Å². The van der Waals surface area contributed by atoms with Crippen LogP contribution < -0.4 is 10.1 Å². The number of hydrogen-bond acceptors (Lipinski definition) is 6. The zero-order chi connectivity index (χ0) is 18.6. The van der Waals surface area contributed by atoms with Crippen LogP contribution in [0, 0.1) is 0 Å². The molecule has 1 N–H and O–H groups in total. The maximum absolute atomic E-state index is 12.3. The Morgan fingerprint density at radius 3 is 2.89 bits per heavy atom. The molecule has 0 bridgehead atoms. The van der Waals surface area contributed by atoms with E-state index in [0.29, 0.717) is 18.3 Å². The molecule has 3 aromatic rings. The van der Waals surface area contributed by atoms with Crippen LogP contribution in [0.3, 0.4) is 0 Å². The Bertz CT molecular complexity index is 920. The molecule has 1 aliphatic carbocycles. The topological polar surface area (TPSA) is 69.0 Å². The van der Waals surface area contributed by atoms with E-state index in [1.807, 2.05) is 35.7 Å². The van der Waals surface area contributed by atoms with Crippen LogP contribution in [0.15, 0.2) is 46.9 Å². The lowest BCUT2D eigenvalue weighted by Gasteiger charge is -2.10. The molecule has 2 aromatic heterocycles. The van der Waals surface area contributed by atoms with Crippen LogP contribution in [0.5, 0.6) is 5.75 Å². The van der Waals surface area contributed by atoms with Gasteiger partial charge in [-0.15, -0.1) is 21.5 Å². The van der Waals surface area contributed by atoms with E-state index in [2.05, 4.69) is 26.1 Å². The fraction of sp³-hybridized carbons (Fsp3) is 0.316. The monoisotopic (exact) mass is 400 g/mol. The van der Waals surface area contributed by atoms with E-state index < -0.39 is 0 Å². The number of amides is 1. The van der Waals surface area contributed by atoms with Crippen LogP contribution in [0.1, 0.15) is 24.4 Å². The Morgan fingerprint density at radius 2 is 2.15 bits per heavy atom. The van der Waals surface area contributed by atoms with Crippen molar-refractivity contribution >= 4 is 29.0 Å². The summed E-state index contributed by atoms with van der Waals surface area (Å²) in [6.45, 7) is 0.444. The van der Waals surface area contributed by atoms with Crippen molar-refractivity contribution in [2.24, 2.45) is 0 Å². The number of nitrogens with zero attached hydrogens (tertiary/aromatic N) is 3. The zero-order valence-corrected chi connectivity index (χ0v) is 16.6. The molecule has 8 heteroatoms. The van der Waals surface area contributed by atoms with E-state index in [1.54, 1.807) is 18.4 Å². The van der Waals surface area contributed by atoms with Crippen molar-refractivity contribution in [3.05, 3.63) is 47.3 Å². The number of rotatable bonds is 8. The molecule has 1 fully saturated rings. The summed E-state index contributed by atoms with van der Waals surface area (Å²) in [6, 6.07) is 12.2. The first-order valence-corrected chi connectivity index (χ1v) is 10.6. The second-order valence-corrected chi connectivity index (χ2v) is 8.15. The molecule has 27 heavy (non-hydrogen) atoms. The van der Waals surface area contributed by atoms with E-state index >= 15 is 0 Å². The van der Waals surface area contributed by atoms with Crippen LogP contribution in [-0.2, 0) is 11.3 Å². The van der Waals surface area contributed by atoms with Crippen LogP contribution in [-0.4, -0.2) is 33.5 Å². The molecule has 0 unspecified atom stereocenters. The third kappa shape index (κ3) is 4.17. The van der Waals surface area contributed by atoms with Gasteiger partial charge >= 0.3 is 0 Å². The van der Waals surface area contributed by atoms with Gasteiger partial charge in [0.15, 0.2) is 11.0 Å². The maximum Gasteiger partial charge on any atom is 0.230 e. The van der Waals surface area contributed by atoms with Gasteiger partial charge in [0.1, 0.15) is 5.75 Å². The number of nitrogens with one attached hydrogen (secondary N) is 1. The second-order valence-electron chi connectivity index (χ2n) is 6.26. The Kier molecular flexibility index (Phi) is 5.45. The SMILES string of the molecule is COc1ccccc1CNC(=O)CSc1nnc(-c2cccs2)n1C1CC1. The Morgan fingerprint density at radius 1 is 1.30 bits per heavy atom. The Hall–Kier alpha value is -2.32. The molecule has 0 aliphatic heterocycles. The smallest absolute Gasteiger partial charge is 0.230 e. The summed E-state index contributed by atoms with van der Waals surface area (Å²) in [6.07, 6.45) is 2.29. The molecule has 140 valence electrons. The number of benzene rings is 1. The van der Waals surface area contributed by atoms with Crippen molar-refractivity contribution < 1.29 is 9.53 Å². The minimum Gasteiger partial charge on any atom is -0.496 e. The number of methoxy groups -OCH3 is 1. The molecular formula is C19H20N4O2S2. The van der Waals surface area contributed by atoms with Gasteiger partial charge in [0, 0.05) is 18.2 Å². The van der Waals surface area contributed by atoms with E-state index in [0.717, 1.165) is 40.0 Å². The number of ether oxygens (including phenoxy) is 1. The molecule has 1 aliphatic rings. The average Bonchev–Trinajstić information content (AvgIpc) is 3.21. The molecule has 6 nitrogen and oxygen atoms in total. The number of para-hydroxylation sites is 1. The van der Waals surface area contributed by atoms with Gasteiger partial charge in [-0.25, -0.2) is 0 Å². The number of carbonyl (C=O) groups is 1. The summed E-state index contributed by atoms with van der Waals surface area (Å²) < 4.78 is 7.50. The van der Waals surface area contributed by atoms with Gasteiger partial charge in [-0.2, -0.15) is 0 Å². The molecule has 0 saturated heterocycles. The summed E-state index contributed by atoms with van der Waals surface area (Å²) >= 11 is 3.10. The first-order chi connectivity index (χ1) is 13.3. The first kappa shape index (κ1) is 18.1. The molecule has 4 rings (SSSR count). The van der Waals surface area contributed by atoms with Gasteiger partial charge in [0.05, 0.1) is 17.7 Å². The van der Waals surface area contributed by atoms with Crippen molar-refractivity contribution in [1.29, 1.82) is 0 Å². The van der Waals surface area contributed by atoms with Crippen molar-refractivity contribution in [1.82, 2.24) is 20.1 Å². The van der Waals surface area contributed by atoms with Crippen LogP contribution in [0.25, 0.3) is 10.7 Å². The van der Waals surface area contributed by atoms with Gasteiger partial charge in [-0.05, 0) is 30.4 Å². The predicted molar refractivity (Wildman–Crippen MR) is 107 cm³/mol. The van der Waals surface area contributed by atoms with Crippen molar-refractivity contribution in [2.45, 2.75) is 30.6 Å². The quantitative estimate of drug-likeness (QED) is 0.583. The molecule has 1 aromatic carbocycles. The predicted octanol–water partition coefficient (Wildman–Crippen LogP) is 3.76. The fourth-order valence-corrected chi connectivity index (χ4v) is 4.38. The third-order valence-corrected chi connectivity index (χ3v) is 6.13. The molecule has 0 atom stereocenters. The molecule has 1 saturated carbocycles. The first-order valence-electron chi connectivity index (χ1n) is 8.76. The minimum absolute atomic E-state index is 0.0334. The highest BCUT2D eigenvalue weighted by Crippen LogP contribution is 2.41. The number of thioether (sulfide) groups is 1. The van der Waals surface area contributed by atoms with Gasteiger partial charge < -0.3 is 10.1 Å². The Labute approximate surface area is 166 Å². The summed E-state index contributed by atoms with van der Waals surface area (Å²) in [7, 11) is 1.63. The number of hydrogen-bond donors (Lipinski definition) is 1. The van der Waals surface area contributed by atoms with Crippen LogP contribution >= 0.6 is 23.1 Å². The van der Waals surface area contributed by atoms with Gasteiger partial charge in [0.2, 0.25) is 5.91 Å². The standard InChI is InChI=1S/C19H20N4O2S2/c1-25-15-6-3-2-5-13(15)11-20-17(24)12-27-19-22-21-18(16-7-4-10-26-16)23(19)14-8-9-14/h2-7,10,14H,8-9,11-12H2,1H3,(H,20,24). The van der Waals surface area contributed by atoms with Crippen molar-refractivity contribution in [3.63, 3.8) is 0 Å². The lowest BCUT2D eigenvalue weighted by atomic mass is 10.2. The summed E-state index contributed by atoms with van der Waals surface area (Å²) in [5.74, 6) is 1.96. The molecule has 1 amide bonds. The number of aromatic nitrogens is 3. The molecule has 2 heterocycles. The minimum atomic E-state index is -0.0334. The summed E-state index contributed by atoms with van der Waals surface area (Å²) in [4.78, 5) is 13.4. The molecule has 0 radical (unpaired) electrons. The van der Waals surface area contributed by atoms with Gasteiger partial charge in [-0.1, -0.05) is 36.0 Å². The molecular weight excluding hydrogens is 380 g/mol. The summed E-state index contributed by atoms with van der Waals surface area (Å²) in [5.41, 5.74) is 0.958. The lowest BCUT2D eigenvalue weighted by molar-refractivity contribution is -0.118. The average molecular weight is 401 g/mol. The highest BCUT2D eigenvalue weighted by Gasteiger charge is 2.30. The second kappa shape index (κ2) is 8.14. The van der Waals surface area contributed by atoms with E-state index in [-0.39, 0.29) is 5.91 Å². The fourth-order valence-electron chi connectivity index (χ4n) is 2.84. The van der Waals surface area contributed by atoms with E-state index in [4.69, 9.17) is 4.74 Å². The van der Waals surface area contributed by atoms with Crippen LogP contribution in [0.2, 0.25) is 0 Å². The summed E-state index contributed by atoms with van der Waals surface area (Å²) in [5, 5.41) is 14.5. The van der Waals surface area contributed by atoms with E-state index in [1.165, 1.54) is 11.8 Å². The largest absolute Gasteiger partial charge is 0.496 e. The van der Waals surface area contributed by atoms with Crippen molar-refractivity contribution in [3.8, 4) is 16.5 Å². The number of thiophene rings is 1. The maximum atomic E-state index is 12.3. The highest BCUT2D eigenvalue weighted by molar-refractivity contribution is 7.99. The third-order valence-electron chi connectivity index (χ3n) is 4.32. The van der Waals surface area contributed by atoms with Crippen molar-refractivity contribution in [2.75, 3.05) is 12.9 Å². The van der Waals surface area contributed by atoms with Crippen LogP contribution in [0.4, 0.5) is 0 Å². The normalized spacial score (nSPS) is 13.5.